The van der Waals surface area contributed by atoms with Crippen LogP contribution < -0.4 is 5.32 Å². The van der Waals surface area contributed by atoms with E-state index in [-0.39, 0.29) is 17.6 Å². The molecule has 0 atom stereocenters. The molecule has 0 saturated carbocycles. The molecule has 0 saturated heterocycles. The average Bonchev–Trinajstić information content (AvgIpc) is 2.73. The van der Waals surface area contributed by atoms with Gasteiger partial charge in [-0.2, -0.15) is 5.10 Å². The maximum absolute atomic E-state index is 11.2. The maximum Gasteiger partial charge on any atom is 0.240 e. The molecule has 20 heavy (non-hydrogen) atoms. The molecule has 4 nitrogen and oxygen atoms in total. The molecule has 1 amide bonds. The third kappa shape index (κ3) is 3.79. The van der Waals surface area contributed by atoms with Crippen LogP contribution in [0.1, 0.15) is 5.56 Å². The van der Waals surface area contributed by atoms with E-state index in [0.717, 1.165) is 5.56 Å². The van der Waals surface area contributed by atoms with Crippen LogP contribution in [0, 0.1) is 0 Å². The molecule has 0 aliphatic heterocycles. The monoisotopic (exact) mass is 351 g/mol. The number of nitrogens with zero attached hydrogens (tertiary/aromatic N) is 2. The molecule has 1 N–H and O–H groups in total. The molecule has 106 valence electrons. The van der Waals surface area contributed by atoms with Crippen LogP contribution in [0.4, 0.5) is 5.82 Å². The first-order valence-electron chi connectivity index (χ1n) is 5.52. The van der Waals surface area contributed by atoms with Crippen LogP contribution in [0.3, 0.4) is 0 Å². The minimum Gasteiger partial charge on any atom is -0.307 e. The molecular weight excluding hydrogens is 344 g/mol. The van der Waals surface area contributed by atoms with Crippen molar-refractivity contribution >= 4 is 58.1 Å². The van der Waals surface area contributed by atoms with E-state index in [2.05, 4.69) is 10.4 Å². The Bertz CT molecular complexity index is 642. The number of anilines is 1. The standard InChI is InChI=1S/C12H9Cl4N3O/c13-4-11(20)17-12-10(16)6-19(18-12)5-7-1-2-8(14)3-9(7)15/h1-3,6H,4-5H2,(H,17,18,20). The maximum atomic E-state index is 11.2. The molecule has 8 heteroatoms. The van der Waals surface area contributed by atoms with Gasteiger partial charge >= 0.3 is 0 Å². The molecule has 0 aliphatic rings. The van der Waals surface area contributed by atoms with Gasteiger partial charge in [-0.05, 0) is 17.7 Å². The Kier molecular flexibility index (Phi) is 5.16. The fourth-order valence-electron chi connectivity index (χ4n) is 1.55. The van der Waals surface area contributed by atoms with Gasteiger partial charge < -0.3 is 5.32 Å². The molecule has 0 bridgehead atoms. The number of nitrogens with one attached hydrogen (secondary N) is 1. The second-order valence-corrected chi connectivity index (χ2v) is 5.46. The zero-order valence-electron chi connectivity index (χ0n) is 10.0. The van der Waals surface area contributed by atoms with Crippen molar-refractivity contribution in [2.45, 2.75) is 6.54 Å². The highest BCUT2D eigenvalue weighted by Gasteiger charge is 2.11. The number of hydrogen-bond donors (Lipinski definition) is 1. The lowest BCUT2D eigenvalue weighted by atomic mass is 10.2. The molecule has 2 aromatic rings. The van der Waals surface area contributed by atoms with E-state index in [9.17, 15) is 4.79 Å². The molecule has 0 unspecified atom stereocenters. The highest BCUT2D eigenvalue weighted by Crippen LogP contribution is 2.24. The number of carbonyl (C=O) groups excluding carboxylic acids is 1. The van der Waals surface area contributed by atoms with Gasteiger partial charge in [0.1, 0.15) is 10.9 Å². The van der Waals surface area contributed by atoms with Crippen LogP contribution in [0.5, 0.6) is 0 Å². The van der Waals surface area contributed by atoms with E-state index >= 15 is 0 Å². The van der Waals surface area contributed by atoms with E-state index in [1.807, 2.05) is 0 Å². The zero-order chi connectivity index (χ0) is 14.7. The highest BCUT2D eigenvalue weighted by atomic mass is 35.5. The lowest BCUT2D eigenvalue weighted by Crippen LogP contribution is -2.13. The van der Waals surface area contributed by atoms with Gasteiger partial charge in [-0.1, -0.05) is 40.9 Å². The number of hydrogen-bond acceptors (Lipinski definition) is 2. The number of halogens is 4. The Hall–Kier alpha value is -0.940. The Morgan fingerprint density at radius 1 is 1.25 bits per heavy atom. The number of carbonyl (C=O) groups is 1. The van der Waals surface area contributed by atoms with Crippen LogP contribution in [0.25, 0.3) is 0 Å². The SMILES string of the molecule is O=C(CCl)Nc1nn(Cc2ccc(Cl)cc2Cl)cc1Cl. The van der Waals surface area contributed by atoms with Gasteiger partial charge in [-0.3, -0.25) is 9.48 Å². The molecule has 1 heterocycles. The number of aromatic nitrogens is 2. The molecule has 1 aromatic carbocycles. The van der Waals surface area contributed by atoms with Crippen LogP contribution >= 0.6 is 46.4 Å². The largest absolute Gasteiger partial charge is 0.307 e. The minimum absolute atomic E-state index is 0.161. The van der Waals surface area contributed by atoms with Gasteiger partial charge in [0, 0.05) is 16.2 Å². The fourth-order valence-corrected chi connectivity index (χ4v) is 2.29. The second-order valence-electron chi connectivity index (χ2n) is 3.94. The summed E-state index contributed by atoms with van der Waals surface area (Å²) < 4.78 is 1.57. The van der Waals surface area contributed by atoms with Gasteiger partial charge in [0.2, 0.25) is 5.91 Å². The summed E-state index contributed by atoms with van der Waals surface area (Å²) in [6.45, 7) is 0.409. The Morgan fingerprint density at radius 2 is 2.00 bits per heavy atom. The zero-order valence-corrected chi connectivity index (χ0v) is 13.1. The van der Waals surface area contributed by atoms with Crippen LogP contribution in [0.15, 0.2) is 24.4 Å². The normalized spacial score (nSPS) is 10.6. The van der Waals surface area contributed by atoms with Gasteiger partial charge in [-0.15, -0.1) is 11.6 Å². The summed E-state index contributed by atoms with van der Waals surface area (Å²) in [7, 11) is 0. The highest BCUT2D eigenvalue weighted by molar-refractivity contribution is 6.35. The van der Waals surface area contributed by atoms with Crippen molar-refractivity contribution in [3.05, 3.63) is 45.0 Å². The van der Waals surface area contributed by atoms with Crippen molar-refractivity contribution in [2.75, 3.05) is 11.2 Å². The molecule has 0 aliphatic carbocycles. The second kappa shape index (κ2) is 6.68. The van der Waals surface area contributed by atoms with Crippen LogP contribution in [0.2, 0.25) is 15.1 Å². The summed E-state index contributed by atoms with van der Waals surface area (Å²) in [4.78, 5) is 11.2. The molecule has 0 radical (unpaired) electrons. The Morgan fingerprint density at radius 3 is 2.65 bits per heavy atom. The van der Waals surface area contributed by atoms with E-state index in [1.165, 1.54) is 0 Å². The summed E-state index contributed by atoms with van der Waals surface area (Å²) in [6.07, 6.45) is 1.59. The predicted octanol–water partition coefficient (Wildman–Crippen LogP) is 4.07. The van der Waals surface area contributed by atoms with Crippen molar-refractivity contribution < 1.29 is 4.79 Å². The third-order valence-corrected chi connectivity index (χ3v) is 3.55. The predicted molar refractivity (Wildman–Crippen MR) is 82.2 cm³/mol. The van der Waals surface area contributed by atoms with Crippen LogP contribution in [-0.2, 0) is 11.3 Å². The number of rotatable bonds is 4. The van der Waals surface area contributed by atoms with Crippen molar-refractivity contribution in [3.63, 3.8) is 0 Å². The lowest BCUT2D eigenvalue weighted by Gasteiger charge is -2.05. The summed E-state index contributed by atoms with van der Waals surface area (Å²) in [5.74, 6) is -0.266. The van der Waals surface area contributed by atoms with E-state index < -0.39 is 0 Å². The number of alkyl halides is 1. The smallest absolute Gasteiger partial charge is 0.240 e. The third-order valence-electron chi connectivity index (χ3n) is 2.44. The Balaban J connectivity index is 2.18. The average molecular weight is 353 g/mol. The number of amides is 1. The summed E-state index contributed by atoms with van der Waals surface area (Å²) in [6, 6.07) is 5.20. The first-order chi connectivity index (χ1) is 9.49. The molecule has 0 spiro atoms. The van der Waals surface area contributed by atoms with Gasteiger partial charge in [0.05, 0.1) is 6.54 Å². The van der Waals surface area contributed by atoms with E-state index in [4.69, 9.17) is 46.4 Å². The van der Waals surface area contributed by atoms with Crippen LogP contribution in [-0.4, -0.2) is 21.6 Å². The van der Waals surface area contributed by atoms with Gasteiger partial charge in [-0.25, -0.2) is 0 Å². The summed E-state index contributed by atoms with van der Waals surface area (Å²) in [5.41, 5.74) is 0.838. The quantitative estimate of drug-likeness (QED) is 0.843. The fraction of sp³-hybridized carbons (Fsp3) is 0.167. The molecular formula is C12H9Cl4N3O. The molecule has 2 rings (SSSR count). The van der Waals surface area contributed by atoms with Crippen molar-refractivity contribution in [1.29, 1.82) is 0 Å². The topological polar surface area (TPSA) is 46.9 Å². The van der Waals surface area contributed by atoms with E-state index in [0.29, 0.717) is 21.6 Å². The Labute approximate surface area is 135 Å². The first kappa shape index (κ1) is 15.4. The van der Waals surface area contributed by atoms with Crippen molar-refractivity contribution in [3.8, 4) is 0 Å². The van der Waals surface area contributed by atoms with E-state index in [1.54, 1.807) is 29.1 Å². The minimum atomic E-state index is -0.372. The first-order valence-corrected chi connectivity index (χ1v) is 7.19. The lowest BCUT2D eigenvalue weighted by molar-refractivity contribution is -0.113. The summed E-state index contributed by atoms with van der Waals surface area (Å²) in [5, 5.41) is 8.09. The summed E-state index contributed by atoms with van der Waals surface area (Å²) >= 11 is 23.3. The van der Waals surface area contributed by atoms with Gasteiger partial charge in [0.25, 0.3) is 0 Å². The van der Waals surface area contributed by atoms with Crippen molar-refractivity contribution in [1.82, 2.24) is 9.78 Å². The van der Waals surface area contributed by atoms with Gasteiger partial charge in [0.15, 0.2) is 5.82 Å². The number of benzene rings is 1. The van der Waals surface area contributed by atoms with Crippen molar-refractivity contribution in [2.24, 2.45) is 0 Å². The molecule has 0 fully saturated rings. The molecule has 1 aromatic heterocycles.